The highest BCUT2D eigenvalue weighted by Gasteiger charge is 2.36. The molecule has 1 aliphatic carbocycles. The number of likely N-dealkylation sites (tertiary alicyclic amines) is 1. The largest absolute Gasteiger partial charge is 0.391 e. The lowest BCUT2D eigenvalue weighted by Crippen LogP contribution is -2.37. The predicted octanol–water partition coefficient (Wildman–Crippen LogP) is 0.275. The number of hydrogen-bond acceptors (Lipinski definition) is 3. The highest BCUT2D eigenvalue weighted by atomic mass is 16.3. The van der Waals surface area contributed by atoms with Crippen molar-refractivity contribution in [1.82, 2.24) is 4.90 Å². The highest BCUT2D eigenvalue weighted by Crippen LogP contribution is 2.33. The number of nitrogens with zero attached hydrogens (tertiary/aromatic N) is 1. The predicted molar refractivity (Wildman–Crippen MR) is 55.2 cm³/mol. The zero-order valence-corrected chi connectivity index (χ0v) is 8.98. The van der Waals surface area contributed by atoms with Crippen LogP contribution >= 0.6 is 0 Å². The molecule has 2 aliphatic rings. The van der Waals surface area contributed by atoms with E-state index in [9.17, 15) is 15.0 Å². The second kappa shape index (κ2) is 4.10. The van der Waals surface area contributed by atoms with Crippen LogP contribution in [0.3, 0.4) is 0 Å². The monoisotopic (exact) mass is 213 g/mol. The number of carbonyl (C=O) groups excluding carboxylic acids is 1. The van der Waals surface area contributed by atoms with E-state index >= 15 is 0 Å². The van der Waals surface area contributed by atoms with Gasteiger partial charge < -0.3 is 15.1 Å². The molecule has 1 amide bonds. The average Bonchev–Trinajstić information content (AvgIpc) is 2.75. The summed E-state index contributed by atoms with van der Waals surface area (Å²) < 4.78 is 0. The number of carbonyl (C=O) groups is 1. The van der Waals surface area contributed by atoms with Crippen molar-refractivity contribution < 1.29 is 15.0 Å². The van der Waals surface area contributed by atoms with Gasteiger partial charge in [0.25, 0.3) is 0 Å². The topological polar surface area (TPSA) is 60.8 Å². The van der Waals surface area contributed by atoms with Crippen molar-refractivity contribution in [1.29, 1.82) is 0 Å². The van der Waals surface area contributed by atoms with Gasteiger partial charge in [-0.1, -0.05) is 12.8 Å². The van der Waals surface area contributed by atoms with Crippen LogP contribution in [0, 0.1) is 0 Å². The van der Waals surface area contributed by atoms with Crippen molar-refractivity contribution in [2.24, 2.45) is 0 Å². The number of aliphatic hydroxyl groups is 2. The summed E-state index contributed by atoms with van der Waals surface area (Å²) in [5.74, 6) is -0.00375. The molecule has 2 rings (SSSR count). The van der Waals surface area contributed by atoms with Crippen LogP contribution in [-0.4, -0.2) is 45.8 Å². The van der Waals surface area contributed by atoms with Gasteiger partial charge in [0.05, 0.1) is 18.1 Å². The molecular weight excluding hydrogens is 194 g/mol. The Balaban J connectivity index is 1.86. The Hall–Kier alpha value is -0.610. The SMILES string of the molecule is O=C(CC1(O)CCCC1)N1CC[C@@H](O)C1. The first kappa shape index (κ1) is 10.9. The van der Waals surface area contributed by atoms with Crippen LogP contribution in [0.1, 0.15) is 38.5 Å². The minimum atomic E-state index is -0.759. The fourth-order valence-corrected chi connectivity index (χ4v) is 2.57. The fraction of sp³-hybridized carbons (Fsp3) is 0.909. The molecule has 0 aromatic heterocycles. The Morgan fingerprint density at radius 3 is 2.60 bits per heavy atom. The van der Waals surface area contributed by atoms with E-state index < -0.39 is 5.60 Å². The Morgan fingerprint density at radius 1 is 1.40 bits per heavy atom. The second-order valence-electron chi connectivity index (χ2n) is 4.89. The van der Waals surface area contributed by atoms with Gasteiger partial charge in [-0.15, -0.1) is 0 Å². The molecule has 1 saturated carbocycles. The minimum Gasteiger partial charge on any atom is -0.391 e. The lowest BCUT2D eigenvalue weighted by molar-refractivity contribution is -0.135. The maximum Gasteiger partial charge on any atom is 0.225 e. The van der Waals surface area contributed by atoms with Crippen LogP contribution in [0.15, 0.2) is 0 Å². The van der Waals surface area contributed by atoms with Crippen LogP contribution < -0.4 is 0 Å². The molecule has 4 heteroatoms. The Kier molecular flexibility index (Phi) is 2.98. The zero-order chi connectivity index (χ0) is 10.9. The molecule has 1 atom stereocenters. The molecule has 0 radical (unpaired) electrons. The van der Waals surface area contributed by atoms with E-state index in [1.165, 1.54) is 0 Å². The number of amides is 1. The van der Waals surface area contributed by atoms with E-state index in [0.717, 1.165) is 25.7 Å². The zero-order valence-electron chi connectivity index (χ0n) is 8.98. The normalized spacial score (nSPS) is 29.7. The van der Waals surface area contributed by atoms with E-state index in [0.29, 0.717) is 19.5 Å². The highest BCUT2D eigenvalue weighted by molar-refractivity contribution is 5.77. The molecule has 0 aromatic carbocycles. The van der Waals surface area contributed by atoms with Gasteiger partial charge >= 0.3 is 0 Å². The van der Waals surface area contributed by atoms with Gasteiger partial charge in [-0.05, 0) is 19.3 Å². The third-order valence-corrected chi connectivity index (χ3v) is 3.53. The lowest BCUT2D eigenvalue weighted by atomic mass is 9.97. The van der Waals surface area contributed by atoms with Crippen LogP contribution in [0.5, 0.6) is 0 Å². The summed E-state index contributed by atoms with van der Waals surface area (Å²) in [5.41, 5.74) is -0.759. The lowest BCUT2D eigenvalue weighted by Gasteiger charge is -2.24. The Bertz CT molecular complexity index is 248. The molecule has 0 unspecified atom stereocenters. The molecule has 0 spiro atoms. The van der Waals surface area contributed by atoms with Gasteiger partial charge in [0.15, 0.2) is 0 Å². The number of aliphatic hydroxyl groups excluding tert-OH is 1. The van der Waals surface area contributed by atoms with Crippen LogP contribution in [0.25, 0.3) is 0 Å². The molecule has 1 heterocycles. The fourth-order valence-electron chi connectivity index (χ4n) is 2.57. The van der Waals surface area contributed by atoms with Crippen LogP contribution in [0.2, 0.25) is 0 Å². The molecule has 1 saturated heterocycles. The summed E-state index contributed by atoms with van der Waals surface area (Å²) >= 11 is 0. The van der Waals surface area contributed by atoms with E-state index in [2.05, 4.69) is 0 Å². The van der Waals surface area contributed by atoms with Crippen LogP contribution in [-0.2, 0) is 4.79 Å². The third kappa shape index (κ3) is 2.49. The van der Waals surface area contributed by atoms with Gasteiger partial charge in [0, 0.05) is 13.1 Å². The second-order valence-corrected chi connectivity index (χ2v) is 4.89. The number of β-amino-alcohol motifs (C(OH)–C–C–N with tert-alkyl or cyclic N) is 1. The molecule has 1 aliphatic heterocycles. The van der Waals surface area contributed by atoms with Crippen molar-refractivity contribution in [2.75, 3.05) is 13.1 Å². The van der Waals surface area contributed by atoms with E-state index in [-0.39, 0.29) is 18.4 Å². The summed E-state index contributed by atoms with van der Waals surface area (Å²) in [7, 11) is 0. The Labute approximate surface area is 89.9 Å². The van der Waals surface area contributed by atoms with Gasteiger partial charge in [0.1, 0.15) is 0 Å². The molecule has 4 nitrogen and oxygen atoms in total. The van der Waals surface area contributed by atoms with Crippen molar-refractivity contribution in [3.8, 4) is 0 Å². The Morgan fingerprint density at radius 2 is 2.07 bits per heavy atom. The quantitative estimate of drug-likeness (QED) is 0.692. The first-order chi connectivity index (χ1) is 7.09. The molecular formula is C11H19NO3. The molecule has 2 N–H and O–H groups in total. The summed E-state index contributed by atoms with van der Waals surface area (Å²) in [6, 6.07) is 0. The van der Waals surface area contributed by atoms with Gasteiger partial charge in [-0.25, -0.2) is 0 Å². The van der Waals surface area contributed by atoms with Gasteiger partial charge in [-0.3, -0.25) is 4.79 Å². The smallest absolute Gasteiger partial charge is 0.225 e. The van der Waals surface area contributed by atoms with Gasteiger partial charge in [-0.2, -0.15) is 0 Å². The van der Waals surface area contributed by atoms with Crippen molar-refractivity contribution >= 4 is 5.91 Å². The summed E-state index contributed by atoms with van der Waals surface area (Å²) in [6.07, 6.45) is 4.07. The van der Waals surface area contributed by atoms with E-state index in [4.69, 9.17) is 0 Å². The average molecular weight is 213 g/mol. The molecule has 0 bridgehead atoms. The molecule has 0 aromatic rings. The molecule has 2 fully saturated rings. The van der Waals surface area contributed by atoms with Crippen molar-refractivity contribution in [2.45, 2.75) is 50.2 Å². The van der Waals surface area contributed by atoms with Gasteiger partial charge in [0.2, 0.25) is 5.91 Å². The number of rotatable bonds is 2. The van der Waals surface area contributed by atoms with E-state index in [1.54, 1.807) is 4.90 Å². The first-order valence-corrected chi connectivity index (χ1v) is 5.77. The standard InChI is InChI=1S/C11H19NO3/c13-9-3-6-12(8-9)10(14)7-11(15)4-1-2-5-11/h9,13,15H,1-8H2/t9-/m1/s1. The summed E-state index contributed by atoms with van der Waals surface area (Å²) in [5, 5.41) is 19.4. The molecule has 15 heavy (non-hydrogen) atoms. The van der Waals surface area contributed by atoms with Crippen molar-refractivity contribution in [3.63, 3.8) is 0 Å². The van der Waals surface area contributed by atoms with E-state index in [1.807, 2.05) is 0 Å². The maximum absolute atomic E-state index is 11.8. The van der Waals surface area contributed by atoms with Crippen molar-refractivity contribution in [3.05, 3.63) is 0 Å². The maximum atomic E-state index is 11.8. The number of hydrogen-bond donors (Lipinski definition) is 2. The van der Waals surface area contributed by atoms with Crippen LogP contribution in [0.4, 0.5) is 0 Å². The minimum absolute atomic E-state index is 0.00375. The summed E-state index contributed by atoms with van der Waals surface area (Å²) in [4.78, 5) is 13.5. The third-order valence-electron chi connectivity index (χ3n) is 3.53. The summed E-state index contributed by atoms with van der Waals surface area (Å²) in [6.45, 7) is 1.07. The molecule has 86 valence electrons. The first-order valence-electron chi connectivity index (χ1n) is 5.77.